The fraction of sp³-hybridized carbons (Fsp3) is 0.400. The fourth-order valence-corrected chi connectivity index (χ4v) is 4.94. The van der Waals surface area contributed by atoms with Crippen LogP contribution in [0, 0.1) is 6.92 Å². The van der Waals surface area contributed by atoms with Crippen LogP contribution < -0.4 is 0 Å². The standard InChI is InChI=1S/C20H24ClN5OS2/c1-4-9-25(10-5-2)19(27)17-12-28-18(22-17)13-29-20-24-23-14(3)26(20)16-8-6-7-15(21)11-16/h6-8,11-12H,4-5,9-10,13H2,1-3H3. The maximum absolute atomic E-state index is 12.7. The Morgan fingerprint density at radius 1 is 1.24 bits per heavy atom. The number of thiazole rings is 1. The number of nitrogens with zero attached hydrogens (tertiary/aromatic N) is 5. The van der Waals surface area contributed by atoms with Gasteiger partial charge in [-0.2, -0.15) is 0 Å². The smallest absolute Gasteiger partial charge is 0.273 e. The molecule has 154 valence electrons. The van der Waals surface area contributed by atoms with E-state index in [9.17, 15) is 4.79 Å². The summed E-state index contributed by atoms with van der Waals surface area (Å²) in [6, 6.07) is 7.61. The van der Waals surface area contributed by atoms with Gasteiger partial charge in [0.05, 0.1) is 11.4 Å². The predicted molar refractivity (Wildman–Crippen MR) is 119 cm³/mol. The van der Waals surface area contributed by atoms with E-state index >= 15 is 0 Å². The first kappa shape index (κ1) is 21.8. The van der Waals surface area contributed by atoms with Gasteiger partial charge in [0.25, 0.3) is 5.91 Å². The van der Waals surface area contributed by atoms with E-state index in [2.05, 4.69) is 29.0 Å². The van der Waals surface area contributed by atoms with Crippen LogP contribution in [0.3, 0.4) is 0 Å². The Labute approximate surface area is 184 Å². The lowest BCUT2D eigenvalue weighted by atomic mass is 10.3. The normalized spacial score (nSPS) is 11.0. The van der Waals surface area contributed by atoms with Crippen LogP contribution in [0.5, 0.6) is 0 Å². The molecule has 29 heavy (non-hydrogen) atoms. The van der Waals surface area contributed by atoms with Crippen LogP contribution in [-0.2, 0) is 5.75 Å². The van der Waals surface area contributed by atoms with Crippen molar-refractivity contribution >= 4 is 40.6 Å². The third-order valence-corrected chi connectivity index (χ3v) is 6.44. The zero-order chi connectivity index (χ0) is 20.8. The number of benzene rings is 1. The van der Waals surface area contributed by atoms with Gasteiger partial charge >= 0.3 is 0 Å². The van der Waals surface area contributed by atoms with Crippen molar-refractivity contribution in [1.82, 2.24) is 24.6 Å². The van der Waals surface area contributed by atoms with Gasteiger partial charge in [0.2, 0.25) is 0 Å². The third-order valence-electron chi connectivity index (χ3n) is 4.23. The number of aryl methyl sites for hydroxylation is 1. The molecule has 2 heterocycles. The Kier molecular flexibility index (Phi) is 7.69. The number of rotatable bonds is 9. The minimum atomic E-state index is 0.0131. The van der Waals surface area contributed by atoms with Gasteiger partial charge in [-0.25, -0.2) is 4.98 Å². The second-order valence-electron chi connectivity index (χ2n) is 6.55. The van der Waals surface area contributed by atoms with Gasteiger partial charge in [-0.15, -0.1) is 21.5 Å². The Morgan fingerprint density at radius 2 is 2.00 bits per heavy atom. The van der Waals surface area contributed by atoms with E-state index in [1.54, 1.807) is 11.8 Å². The number of aromatic nitrogens is 4. The quantitative estimate of drug-likeness (QED) is 0.418. The zero-order valence-electron chi connectivity index (χ0n) is 16.8. The average molecular weight is 450 g/mol. The maximum atomic E-state index is 12.7. The minimum absolute atomic E-state index is 0.0131. The van der Waals surface area contributed by atoms with Crippen molar-refractivity contribution < 1.29 is 4.79 Å². The number of thioether (sulfide) groups is 1. The van der Waals surface area contributed by atoms with Crippen LogP contribution >= 0.6 is 34.7 Å². The molecule has 3 aromatic rings. The molecule has 0 aliphatic carbocycles. The molecule has 0 fully saturated rings. The van der Waals surface area contributed by atoms with Crippen LogP contribution in [0.2, 0.25) is 5.02 Å². The van der Waals surface area contributed by atoms with E-state index in [4.69, 9.17) is 11.6 Å². The summed E-state index contributed by atoms with van der Waals surface area (Å²) < 4.78 is 1.97. The van der Waals surface area contributed by atoms with E-state index < -0.39 is 0 Å². The highest BCUT2D eigenvalue weighted by molar-refractivity contribution is 7.98. The number of carbonyl (C=O) groups excluding carboxylic acids is 1. The predicted octanol–water partition coefficient (Wildman–Crippen LogP) is 5.24. The summed E-state index contributed by atoms with van der Waals surface area (Å²) in [6.45, 7) is 7.59. The summed E-state index contributed by atoms with van der Waals surface area (Å²) in [5.41, 5.74) is 1.45. The molecule has 3 rings (SSSR count). The highest BCUT2D eigenvalue weighted by atomic mass is 35.5. The van der Waals surface area contributed by atoms with Gasteiger partial charge in [-0.05, 0) is 38.0 Å². The Hall–Kier alpha value is -1.90. The highest BCUT2D eigenvalue weighted by Crippen LogP contribution is 2.27. The van der Waals surface area contributed by atoms with Crippen molar-refractivity contribution in [2.45, 2.75) is 44.5 Å². The summed E-state index contributed by atoms with van der Waals surface area (Å²) >= 11 is 9.19. The Bertz CT molecular complexity index is 965. The second-order valence-corrected chi connectivity index (χ2v) is 8.87. The molecule has 0 atom stereocenters. The highest BCUT2D eigenvalue weighted by Gasteiger charge is 2.18. The lowest BCUT2D eigenvalue weighted by Crippen LogP contribution is -2.32. The molecular formula is C20H24ClN5OS2. The molecule has 6 nitrogen and oxygen atoms in total. The van der Waals surface area contributed by atoms with Crippen molar-refractivity contribution in [3.63, 3.8) is 0 Å². The summed E-state index contributed by atoms with van der Waals surface area (Å²) in [6.07, 6.45) is 1.88. The molecule has 0 aliphatic heterocycles. The topological polar surface area (TPSA) is 63.9 Å². The number of halogens is 1. The van der Waals surface area contributed by atoms with Gasteiger partial charge in [-0.3, -0.25) is 9.36 Å². The second kappa shape index (κ2) is 10.2. The summed E-state index contributed by atoms with van der Waals surface area (Å²) in [5.74, 6) is 1.43. The Morgan fingerprint density at radius 3 is 2.69 bits per heavy atom. The van der Waals surface area contributed by atoms with Crippen molar-refractivity contribution in [2.75, 3.05) is 13.1 Å². The van der Waals surface area contributed by atoms with Crippen LogP contribution in [0.4, 0.5) is 0 Å². The Balaban J connectivity index is 1.71. The average Bonchev–Trinajstić information content (AvgIpc) is 3.32. The lowest BCUT2D eigenvalue weighted by Gasteiger charge is -2.20. The molecule has 0 N–H and O–H groups in total. The molecule has 1 amide bonds. The molecule has 9 heteroatoms. The molecule has 0 radical (unpaired) electrons. The van der Waals surface area contributed by atoms with E-state index in [0.717, 1.165) is 47.6 Å². The van der Waals surface area contributed by atoms with E-state index in [-0.39, 0.29) is 5.91 Å². The molecule has 0 bridgehead atoms. The van der Waals surface area contributed by atoms with Crippen LogP contribution in [0.1, 0.15) is 48.0 Å². The molecular weight excluding hydrogens is 426 g/mol. The van der Waals surface area contributed by atoms with Crippen molar-refractivity contribution in [3.05, 3.63) is 51.2 Å². The van der Waals surface area contributed by atoms with Gasteiger partial charge in [0.15, 0.2) is 5.16 Å². The van der Waals surface area contributed by atoms with E-state index in [0.29, 0.717) is 16.5 Å². The maximum Gasteiger partial charge on any atom is 0.273 e. The number of carbonyl (C=O) groups is 1. The van der Waals surface area contributed by atoms with Gasteiger partial charge in [0, 0.05) is 23.5 Å². The largest absolute Gasteiger partial charge is 0.337 e. The van der Waals surface area contributed by atoms with Crippen molar-refractivity contribution in [1.29, 1.82) is 0 Å². The molecule has 1 aromatic carbocycles. The summed E-state index contributed by atoms with van der Waals surface area (Å²) in [7, 11) is 0. The number of amides is 1. The summed E-state index contributed by atoms with van der Waals surface area (Å²) in [4.78, 5) is 19.2. The first-order valence-corrected chi connectivity index (χ1v) is 11.8. The van der Waals surface area contributed by atoms with Crippen LogP contribution in [-0.4, -0.2) is 43.6 Å². The van der Waals surface area contributed by atoms with Crippen LogP contribution in [0.15, 0.2) is 34.8 Å². The van der Waals surface area contributed by atoms with Gasteiger partial charge in [0.1, 0.15) is 16.5 Å². The van der Waals surface area contributed by atoms with Crippen molar-refractivity contribution in [3.8, 4) is 5.69 Å². The SMILES string of the molecule is CCCN(CCC)C(=O)c1csc(CSc2nnc(C)n2-c2cccc(Cl)c2)n1. The zero-order valence-corrected chi connectivity index (χ0v) is 19.1. The molecule has 0 aliphatic rings. The minimum Gasteiger partial charge on any atom is -0.337 e. The molecule has 0 unspecified atom stereocenters. The monoisotopic (exact) mass is 449 g/mol. The molecule has 0 spiro atoms. The first-order valence-electron chi connectivity index (χ1n) is 9.57. The first-order chi connectivity index (χ1) is 14.0. The third kappa shape index (κ3) is 5.38. The van der Waals surface area contributed by atoms with Crippen molar-refractivity contribution in [2.24, 2.45) is 0 Å². The summed E-state index contributed by atoms with van der Waals surface area (Å²) in [5, 5.41) is 12.7. The van der Waals surface area contributed by atoms with Gasteiger partial charge in [-0.1, -0.05) is 43.3 Å². The van der Waals surface area contributed by atoms with Crippen LogP contribution in [0.25, 0.3) is 5.69 Å². The molecule has 2 aromatic heterocycles. The van der Waals surface area contributed by atoms with E-state index in [1.807, 2.05) is 46.0 Å². The van der Waals surface area contributed by atoms with E-state index in [1.165, 1.54) is 11.3 Å². The number of hydrogen-bond donors (Lipinski definition) is 0. The molecule has 0 saturated carbocycles. The molecule has 0 saturated heterocycles. The lowest BCUT2D eigenvalue weighted by molar-refractivity contribution is 0.0750. The van der Waals surface area contributed by atoms with Gasteiger partial charge < -0.3 is 4.90 Å². The fourth-order valence-electron chi connectivity index (χ4n) is 2.97. The number of hydrogen-bond acceptors (Lipinski definition) is 6.